The number of carbonyl (C=O) groups is 1. The van der Waals surface area contributed by atoms with Gasteiger partial charge in [0.2, 0.25) is 0 Å². The van der Waals surface area contributed by atoms with E-state index in [4.69, 9.17) is 14.2 Å². The summed E-state index contributed by atoms with van der Waals surface area (Å²) >= 11 is 3.44. The number of nitro benzene ring substituents is 1. The fourth-order valence-corrected chi connectivity index (χ4v) is 2.63. The van der Waals surface area contributed by atoms with Crippen LogP contribution in [0.4, 0.5) is 11.4 Å². The van der Waals surface area contributed by atoms with Crippen LogP contribution < -0.4 is 14.9 Å². The molecule has 0 atom stereocenters. The maximum atomic E-state index is 11.5. The van der Waals surface area contributed by atoms with Crippen molar-refractivity contribution in [1.29, 1.82) is 0 Å². The number of benzene rings is 2. The third kappa shape index (κ3) is 6.75. The van der Waals surface area contributed by atoms with Crippen molar-refractivity contribution in [2.75, 3.05) is 25.2 Å². The van der Waals surface area contributed by atoms with Crippen molar-refractivity contribution in [3.63, 3.8) is 0 Å². The highest BCUT2D eigenvalue weighted by Gasteiger charge is 2.12. The summed E-state index contributed by atoms with van der Waals surface area (Å²) in [6.45, 7) is 4.02. The minimum absolute atomic E-state index is 0.00189. The van der Waals surface area contributed by atoms with Crippen LogP contribution in [0.5, 0.6) is 11.5 Å². The Morgan fingerprint density at radius 2 is 1.86 bits per heavy atom. The minimum Gasteiger partial charge on any atom is -0.490 e. The SMILES string of the molecule is CCOC(=O)COc1cc(Br)c(/C=N\Nc2ccc([N+](=O)[O-])cc2)cc1OCC. The fourth-order valence-electron chi connectivity index (χ4n) is 2.20. The number of anilines is 1. The molecule has 0 spiro atoms. The van der Waals surface area contributed by atoms with Crippen molar-refractivity contribution in [3.8, 4) is 11.5 Å². The summed E-state index contributed by atoms with van der Waals surface area (Å²) in [4.78, 5) is 21.7. The van der Waals surface area contributed by atoms with Crippen LogP contribution in [0, 0.1) is 10.1 Å². The van der Waals surface area contributed by atoms with Gasteiger partial charge in [-0.1, -0.05) is 0 Å². The quantitative estimate of drug-likeness (QED) is 0.242. The van der Waals surface area contributed by atoms with Gasteiger partial charge in [0, 0.05) is 22.2 Å². The van der Waals surface area contributed by atoms with Gasteiger partial charge in [-0.2, -0.15) is 5.10 Å². The summed E-state index contributed by atoms with van der Waals surface area (Å²) in [7, 11) is 0. The van der Waals surface area contributed by atoms with E-state index in [1.807, 2.05) is 6.92 Å². The van der Waals surface area contributed by atoms with Crippen LogP contribution in [-0.2, 0) is 9.53 Å². The van der Waals surface area contributed by atoms with Gasteiger partial charge in [-0.15, -0.1) is 0 Å². The monoisotopic (exact) mass is 465 g/mol. The van der Waals surface area contributed by atoms with Crippen molar-refractivity contribution in [3.05, 3.63) is 56.5 Å². The molecule has 0 heterocycles. The minimum atomic E-state index is -0.469. The highest BCUT2D eigenvalue weighted by atomic mass is 79.9. The Morgan fingerprint density at radius 3 is 2.48 bits per heavy atom. The molecule has 0 aliphatic rings. The molecule has 1 N–H and O–H groups in total. The summed E-state index contributed by atoms with van der Waals surface area (Å²) in [6, 6.07) is 9.28. The average molecular weight is 466 g/mol. The molecular formula is C19H20BrN3O6. The smallest absolute Gasteiger partial charge is 0.344 e. The predicted octanol–water partition coefficient (Wildman–Crippen LogP) is 4.14. The van der Waals surface area contributed by atoms with E-state index >= 15 is 0 Å². The lowest BCUT2D eigenvalue weighted by Gasteiger charge is -2.13. The normalized spacial score (nSPS) is 10.6. The number of ether oxygens (including phenoxy) is 3. The number of nitrogens with one attached hydrogen (secondary N) is 1. The van der Waals surface area contributed by atoms with Crippen molar-refractivity contribution < 1.29 is 23.9 Å². The Balaban J connectivity index is 2.11. The Labute approximate surface area is 175 Å². The Morgan fingerprint density at radius 1 is 1.17 bits per heavy atom. The third-order valence-electron chi connectivity index (χ3n) is 3.49. The van der Waals surface area contributed by atoms with Crippen LogP contribution >= 0.6 is 15.9 Å². The number of esters is 1. The maximum Gasteiger partial charge on any atom is 0.344 e. The van der Waals surface area contributed by atoms with Crippen molar-refractivity contribution in [2.45, 2.75) is 13.8 Å². The molecule has 0 aromatic heterocycles. The van der Waals surface area contributed by atoms with Crippen molar-refractivity contribution in [2.24, 2.45) is 5.10 Å². The van der Waals surface area contributed by atoms with E-state index in [-0.39, 0.29) is 18.9 Å². The third-order valence-corrected chi connectivity index (χ3v) is 4.18. The van der Waals surface area contributed by atoms with E-state index in [0.29, 0.717) is 33.8 Å². The van der Waals surface area contributed by atoms with E-state index in [1.54, 1.807) is 37.4 Å². The largest absolute Gasteiger partial charge is 0.490 e. The lowest BCUT2D eigenvalue weighted by atomic mass is 10.2. The molecule has 0 saturated heterocycles. The van der Waals surface area contributed by atoms with Gasteiger partial charge in [-0.25, -0.2) is 4.79 Å². The molecule has 0 aliphatic carbocycles. The molecule has 0 aliphatic heterocycles. The highest BCUT2D eigenvalue weighted by Crippen LogP contribution is 2.33. The van der Waals surface area contributed by atoms with Crippen LogP contribution in [0.25, 0.3) is 0 Å². The van der Waals surface area contributed by atoms with E-state index < -0.39 is 10.9 Å². The molecule has 0 fully saturated rings. The molecule has 2 aromatic rings. The first-order valence-corrected chi connectivity index (χ1v) is 9.52. The number of rotatable bonds is 10. The molecule has 154 valence electrons. The summed E-state index contributed by atoms with van der Waals surface area (Å²) in [5, 5.41) is 14.8. The zero-order valence-electron chi connectivity index (χ0n) is 15.9. The van der Waals surface area contributed by atoms with Crippen LogP contribution in [0.1, 0.15) is 19.4 Å². The number of nitrogens with zero attached hydrogens (tertiary/aromatic N) is 2. The van der Waals surface area contributed by atoms with Crippen LogP contribution in [0.2, 0.25) is 0 Å². The first-order chi connectivity index (χ1) is 13.9. The predicted molar refractivity (Wildman–Crippen MR) is 112 cm³/mol. The van der Waals surface area contributed by atoms with Gasteiger partial charge in [0.05, 0.1) is 30.0 Å². The number of hydrogen-bond acceptors (Lipinski definition) is 8. The van der Waals surface area contributed by atoms with Gasteiger partial charge < -0.3 is 14.2 Å². The van der Waals surface area contributed by atoms with Gasteiger partial charge in [0.1, 0.15) is 0 Å². The maximum absolute atomic E-state index is 11.5. The molecule has 0 amide bonds. The number of carbonyl (C=O) groups excluding carboxylic acids is 1. The lowest BCUT2D eigenvalue weighted by molar-refractivity contribution is -0.384. The Kier molecular flexibility index (Phi) is 8.41. The second-order valence-corrected chi connectivity index (χ2v) is 6.38. The molecule has 10 heteroatoms. The first-order valence-electron chi connectivity index (χ1n) is 8.72. The van der Waals surface area contributed by atoms with Gasteiger partial charge in [0.25, 0.3) is 5.69 Å². The second kappa shape index (κ2) is 11.0. The molecule has 29 heavy (non-hydrogen) atoms. The van der Waals surface area contributed by atoms with Crippen molar-refractivity contribution >= 4 is 39.5 Å². The number of hydrazone groups is 1. The summed E-state index contributed by atoms with van der Waals surface area (Å²) in [5.41, 5.74) is 4.10. The van der Waals surface area contributed by atoms with Gasteiger partial charge in [-0.05, 0) is 54.0 Å². The van der Waals surface area contributed by atoms with Gasteiger partial charge >= 0.3 is 5.97 Å². The zero-order chi connectivity index (χ0) is 21.2. The van der Waals surface area contributed by atoms with E-state index in [2.05, 4.69) is 26.5 Å². The Bertz CT molecular complexity index is 886. The van der Waals surface area contributed by atoms with Gasteiger partial charge in [0.15, 0.2) is 18.1 Å². The molecule has 2 rings (SSSR count). The van der Waals surface area contributed by atoms with Gasteiger partial charge in [-0.3, -0.25) is 15.5 Å². The molecular weight excluding hydrogens is 446 g/mol. The summed E-state index contributed by atoms with van der Waals surface area (Å²) in [6.07, 6.45) is 1.56. The molecule has 0 bridgehead atoms. The highest BCUT2D eigenvalue weighted by molar-refractivity contribution is 9.10. The Hall–Kier alpha value is -3.14. The van der Waals surface area contributed by atoms with E-state index in [1.165, 1.54) is 12.1 Å². The number of halogens is 1. The summed E-state index contributed by atoms with van der Waals surface area (Å²) < 4.78 is 16.6. The summed E-state index contributed by atoms with van der Waals surface area (Å²) in [5.74, 6) is 0.382. The van der Waals surface area contributed by atoms with Crippen LogP contribution in [0.15, 0.2) is 46.0 Å². The average Bonchev–Trinajstić information content (AvgIpc) is 2.69. The zero-order valence-corrected chi connectivity index (χ0v) is 17.5. The second-order valence-electron chi connectivity index (χ2n) is 5.52. The fraction of sp³-hybridized carbons (Fsp3) is 0.263. The molecule has 2 aromatic carbocycles. The standard InChI is InChI=1S/C19H20BrN3O6/c1-3-27-17-9-13(16(20)10-18(17)29-12-19(24)28-4-2)11-21-22-14-5-7-15(8-6-14)23(25)26/h5-11,22H,3-4,12H2,1-2H3/b21-11-. The number of non-ortho nitro benzene ring substituents is 1. The molecule has 0 saturated carbocycles. The van der Waals surface area contributed by atoms with Crippen molar-refractivity contribution in [1.82, 2.24) is 0 Å². The van der Waals surface area contributed by atoms with Crippen LogP contribution in [0.3, 0.4) is 0 Å². The topological polar surface area (TPSA) is 112 Å². The van der Waals surface area contributed by atoms with E-state index in [0.717, 1.165) is 0 Å². The molecule has 9 nitrogen and oxygen atoms in total. The molecule has 0 unspecified atom stereocenters. The lowest BCUT2D eigenvalue weighted by Crippen LogP contribution is -2.15. The van der Waals surface area contributed by atoms with Crippen LogP contribution in [-0.4, -0.2) is 36.9 Å². The van der Waals surface area contributed by atoms with E-state index in [9.17, 15) is 14.9 Å². The first kappa shape index (κ1) is 22.2. The molecule has 0 radical (unpaired) electrons. The number of nitro groups is 1. The number of hydrogen-bond donors (Lipinski definition) is 1.